The first-order valence-electron chi connectivity index (χ1n) is 7.89. The molecule has 0 aliphatic rings. The third-order valence-corrected chi connectivity index (χ3v) is 5.14. The second-order valence-electron chi connectivity index (χ2n) is 6.75. The number of nitrogens with zero attached hydrogens (tertiary/aromatic N) is 2. The third-order valence-electron chi connectivity index (χ3n) is 3.44. The zero-order valence-electron chi connectivity index (χ0n) is 14.4. The topological polar surface area (TPSA) is 73.6 Å². The van der Waals surface area contributed by atoms with Crippen LogP contribution in [0.3, 0.4) is 0 Å². The van der Waals surface area contributed by atoms with Crippen molar-refractivity contribution in [3.8, 4) is 11.4 Å². The molecule has 0 spiro atoms. The summed E-state index contributed by atoms with van der Waals surface area (Å²) in [5, 5.41) is 9.16. The van der Waals surface area contributed by atoms with E-state index in [1.807, 2.05) is 12.1 Å². The minimum atomic E-state index is -1.08. The minimum absolute atomic E-state index is 0.238. The molecule has 0 aliphatic carbocycles. The van der Waals surface area contributed by atoms with Crippen LogP contribution in [0.1, 0.15) is 5.69 Å². The van der Waals surface area contributed by atoms with E-state index in [0.717, 1.165) is 22.9 Å². The van der Waals surface area contributed by atoms with E-state index < -0.39 is 14.2 Å². The van der Waals surface area contributed by atoms with E-state index in [0.29, 0.717) is 18.0 Å². The van der Waals surface area contributed by atoms with Crippen molar-refractivity contribution >= 4 is 14.2 Å². The second kappa shape index (κ2) is 8.23. The van der Waals surface area contributed by atoms with E-state index >= 15 is 0 Å². The fraction of sp³-hybridized carbons (Fsp3) is 0.412. The van der Waals surface area contributed by atoms with Crippen LogP contribution in [0.25, 0.3) is 11.4 Å². The Labute approximate surface area is 143 Å². The average molecular weight is 348 g/mol. The number of pyridine rings is 1. The number of ether oxygens (including phenoxy) is 2. The van der Waals surface area contributed by atoms with Gasteiger partial charge in [-0.05, 0) is 30.3 Å². The van der Waals surface area contributed by atoms with Crippen molar-refractivity contribution in [3.05, 3.63) is 42.2 Å². The highest BCUT2D eigenvalue weighted by Gasteiger charge is 2.12. The number of rotatable bonds is 8. The monoisotopic (exact) mass is 348 g/mol. The predicted octanol–water partition coefficient (Wildman–Crippen LogP) is 3.91. The Morgan fingerprint density at radius 3 is 2.71 bits per heavy atom. The van der Waals surface area contributed by atoms with Crippen molar-refractivity contribution in [2.75, 3.05) is 13.4 Å². The van der Waals surface area contributed by atoms with Gasteiger partial charge in [0.15, 0.2) is 0 Å². The summed E-state index contributed by atoms with van der Waals surface area (Å²) >= 11 is 0. The van der Waals surface area contributed by atoms with E-state index in [4.69, 9.17) is 14.6 Å². The molecule has 0 unspecified atom stereocenters. The first-order valence-corrected chi connectivity index (χ1v) is 11.6. The zero-order chi connectivity index (χ0) is 17.6. The summed E-state index contributed by atoms with van der Waals surface area (Å²) in [5.74, 6) is 0. The number of carbonyl (C=O) groups is 1. The standard InChI is InChI=1S/C17H24N2O4Si/c1-24(2,3)11-10-22-13-23-12-14-6-4-7-15(18-14)16-8-5-9-19(16)17(20)21/h4-9H,10-13H2,1-3H3,(H,20,21). The van der Waals surface area contributed by atoms with E-state index in [1.165, 1.54) is 6.20 Å². The van der Waals surface area contributed by atoms with Gasteiger partial charge in [-0.1, -0.05) is 25.7 Å². The molecule has 2 aromatic rings. The largest absolute Gasteiger partial charge is 0.464 e. The Morgan fingerprint density at radius 1 is 1.21 bits per heavy atom. The van der Waals surface area contributed by atoms with Gasteiger partial charge in [-0.2, -0.15) is 0 Å². The first-order chi connectivity index (χ1) is 11.4. The number of aromatic nitrogens is 2. The molecule has 0 bridgehead atoms. The Morgan fingerprint density at radius 2 is 2.00 bits per heavy atom. The number of carboxylic acid groups (broad SMARTS) is 1. The van der Waals surface area contributed by atoms with E-state index in [-0.39, 0.29) is 6.79 Å². The Bertz CT molecular complexity index is 679. The van der Waals surface area contributed by atoms with Gasteiger partial charge >= 0.3 is 6.09 Å². The maximum Gasteiger partial charge on any atom is 0.416 e. The molecule has 130 valence electrons. The molecule has 1 N–H and O–H groups in total. The maximum atomic E-state index is 11.2. The van der Waals surface area contributed by atoms with Gasteiger partial charge in [-0.3, -0.25) is 4.57 Å². The highest BCUT2D eigenvalue weighted by molar-refractivity contribution is 6.76. The van der Waals surface area contributed by atoms with Crippen LogP contribution in [0.5, 0.6) is 0 Å². The molecule has 0 aliphatic heterocycles. The minimum Gasteiger partial charge on any atom is -0.464 e. The van der Waals surface area contributed by atoms with Crippen LogP contribution in [0, 0.1) is 0 Å². The molecule has 0 atom stereocenters. The lowest BCUT2D eigenvalue weighted by atomic mass is 10.2. The van der Waals surface area contributed by atoms with Crippen LogP contribution in [0.4, 0.5) is 4.79 Å². The van der Waals surface area contributed by atoms with E-state index in [2.05, 4.69) is 24.6 Å². The lowest BCUT2D eigenvalue weighted by Crippen LogP contribution is -2.22. The van der Waals surface area contributed by atoms with E-state index in [1.54, 1.807) is 18.2 Å². The fourth-order valence-corrected chi connectivity index (χ4v) is 2.86. The van der Waals surface area contributed by atoms with Crippen LogP contribution in [-0.2, 0) is 16.1 Å². The maximum absolute atomic E-state index is 11.2. The van der Waals surface area contributed by atoms with Crippen molar-refractivity contribution in [1.82, 2.24) is 9.55 Å². The average Bonchev–Trinajstić information content (AvgIpc) is 3.00. The van der Waals surface area contributed by atoms with Crippen molar-refractivity contribution in [2.45, 2.75) is 32.3 Å². The zero-order valence-corrected chi connectivity index (χ0v) is 15.4. The normalized spacial score (nSPS) is 11.6. The summed E-state index contributed by atoms with van der Waals surface area (Å²) in [6.45, 7) is 8.20. The summed E-state index contributed by atoms with van der Waals surface area (Å²) in [6, 6.07) is 9.98. The molecule has 2 aromatic heterocycles. The molecule has 0 fully saturated rings. The Kier molecular flexibility index (Phi) is 6.30. The summed E-state index contributed by atoms with van der Waals surface area (Å²) in [5.41, 5.74) is 1.87. The number of hydrogen-bond acceptors (Lipinski definition) is 4. The first kappa shape index (κ1) is 18.4. The van der Waals surface area contributed by atoms with Gasteiger partial charge in [-0.25, -0.2) is 9.78 Å². The lowest BCUT2D eigenvalue weighted by Gasteiger charge is -2.15. The molecule has 2 heterocycles. The smallest absolute Gasteiger partial charge is 0.416 e. The van der Waals surface area contributed by atoms with Crippen molar-refractivity contribution in [1.29, 1.82) is 0 Å². The van der Waals surface area contributed by atoms with Crippen LogP contribution in [0.15, 0.2) is 36.5 Å². The molecule has 24 heavy (non-hydrogen) atoms. The molecule has 0 radical (unpaired) electrons. The molecule has 0 saturated heterocycles. The highest BCUT2D eigenvalue weighted by Crippen LogP contribution is 2.18. The summed E-state index contributed by atoms with van der Waals surface area (Å²) in [6.07, 6.45) is 0.462. The van der Waals surface area contributed by atoms with Crippen molar-refractivity contribution in [2.24, 2.45) is 0 Å². The van der Waals surface area contributed by atoms with Gasteiger partial charge in [0.05, 0.1) is 23.7 Å². The van der Waals surface area contributed by atoms with Gasteiger partial charge in [-0.15, -0.1) is 0 Å². The van der Waals surface area contributed by atoms with Crippen LogP contribution >= 0.6 is 0 Å². The van der Waals surface area contributed by atoms with Gasteiger partial charge in [0.2, 0.25) is 0 Å². The fourth-order valence-electron chi connectivity index (χ4n) is 2.10. The summed E-state index contributed by atoms with van der Waals surface area (Å²) in [7, 11) is -1.08. The third kappa shape index (κ3) is 5.59. The predicted molar refractivity (Wildman–Crippen MR) is 94.8 cm³/mol. The van der Waals surface area contributed by atoms with E-state index in [9.17, 15) is 4.79 Å². The van der Waals surface area contributed by atoms with Gasteiger partial charge < -0.3 is 14.6 Å². The molecule has 0 aromatic carbocycles. The summed E-state index contributed by atoms with van der Waals surface area (Å²) < 4.78 is 12.1. The second-order valence-corrected chi connectivity index (χ2v) is 12.4. The van der Waals surface area contributed by atoms with Crippen molar-refractivity contribution in [3.63, 3.8) is 0 Å². The molecule has 2 rings (SSSR count). The molecule has 0 saturated carbocycles. The molecule has 0 amide bonds. The Balaban J connectivity index is 1.87. The number of hydrogen-bond donors (Lipinski definition) is 1. The molecule has 7 heteroatoms. The molecule has 6 nitrogen and oxygen atoms in total. The molecular weight excluding hydrogens is 324 g/mol. The quantitative estimate of drug-likeness (QED) is 0.445. The van der Waals surface area contributed by atoms with Crippen LogP contribution in [-0.4, -0.2) is 42.2 Å². The summed E-state index contributed by atoms with van der Waals surface area (Å²) in [4.78, 5) is 15.6. The van der Waals surface area contributed by atoms with Gasteiger partial charge in [0.25, 0.3) is 0 Å². The Hall–Kier alpha value is -1.96. The van der Waals surface area contributed by atoms with Crippen molar-refractivity contribution < 1.29 is 19.4 Å². The highest BCUT2D eigenvalue weighted by atomic mass is 28.3. The SMILES string of the molecule is C[Si](C)(C)CCOCOCc1cccc(-c2cccn2C(=O)O)n1. The van der Waals surface area contributed by atoms with Gasteiger partial charge in [0.1, 0.15) is 6.79 Å². The van der Waals surface area contributed by atoms with Crippen LogP contribution in [0.2, 0.25) is 25.7 Å². The van der Waals surface area contributed by atoms with Gasteiger partial charge in [0, 0.05) is 20.9 Å². The molecular formula is C17H24N2O4Si. The lowest BCUT2D eigenvalue weighted by molar-refractivity contribution is -0.0582. The van der Waals surface area contributed by atoms with Crippen LogP contribution < -0.4 is 0 Å².